The molecule has 2 unspecified atom stereocenters. The third kappa shape index (κ3) is 2.95. The number of ether oxygens (including phenoxy) is 1. The first-order chi connectivity index (χ1) is 9.50. The van der Waals surface area contributed by atoms with Crippen LogP contribution in [0, 0.1) is 0 Å². The summed E-state index contributed by atoms with van der Waals surface area (Å²) in [4.78, 5) is 0. The molecule has 134 valence electrons. The van der Waals surface area contributed by atoms with Crippen LogP contribution in [0.25, 0.3) is 0 Å². The predicted molar refractivity (Wildman–Crippen MR) is 47.0 cm³/mol. The summed E-state index contributed by atoms with van der Waals surface area (Å²) in [7, 11) is 0. The predicted octanol–water partition coefficient (Wildman–Crippen LogP) is 4.81. The van der Waals surface area contributed by atoms with Crippen molar-refractivity contribution in [3.63, 3.8) is 0 Å². The normalized spacial score (nSPS) is 19.9. The van der Waals surface area contributed by atoms with Crippen LogP contribution in [0.3, 0.4) is 0 Å². The quantitative estimate of drug-likeness (QED) is 0.618. The van der Waals surface area contributed by atoms with Gasteiger partial charge in [-0.3, -0.25) is 0 Å². The molecule has 0 bridgehead atoms. The molecule has 0 saturated carbocycles. The van der Waals surface area contributed by atoms with Crippen molar-refractivity contribution in [1.29, 1.82) is 0 Å². The Morgan fingerprint density at radius 2 is 1.18 bits per heavy atom. The van der Waals surface area contributed by atoms with E-state index in [-0.39, 0.29) is 0 Å². The van der Waals surface area contributed by atoms with Gasteiger partial charge in [0.2, 0.25) is 0 Å². The fraction of sp³-hybridized carbons (Fsp3) is 1.00. The fourth-order valence-electron chi connectivity index (χ4n) is 1.34. The van der Waals surface area contributed by atoms with Crippen LogP contribution in [0.4, 0.5) is 52.7 Å². The highest BCUT2D eigenvalue weighted by Gasteiger charge is 2.91. The van der Waals surface area contributed by atoms with Crippen LogP contribution in [0.2, 0.25) is 0 Å². The summed E-state index contributed by atoms with van der Waals surface area (Å²) in [5, 5.41) is 0. The van der Waals surface area contributed by atoms with E-state index in [0.717, 1.165) is 6.92 Å². The summed E-state index contributed by atoms with van der Waals surface area (Å²) in [6.07, 6.45) is -20.5. The first-order valence-electron chi connectivity index (χ1n) is 5.31. The van der Waals surface area contributed by atoms with Crippen LogP contribution in [-0.2, 0) is 4.74 Å². The largest absolute Gasteiger partial charge is 0.457 e. The van der Waals surface area contributed by atoms with Gasteiger partial charge in [-0.2, -0.15) is 35.1 Å². The Morgan fingerprint density at radius 3 is 1.41 bits per heavy atom. The third-order valence-electron chi connectivity index (χ3n) is 2.45. The zero-order valence-corrected chi connectivity index (χ0v) is 10.4. The Kier molecular flexibility index (Phi) is 5.72. The topological polar surface area (TPSA) is 9.23 Å². The van der Waals surface area contributed by atoms with Gasteiger partial charge in [0, 0.05) is 0 Å². The minimum absolute atomic E-state index is 0.566. The summed E-state index contributed by atoms with van der Waals surface area (Å²) in [5.74, 6) is -13.8. The molecule has 0 N–H and O–H groups in total. The van der Waals surface area contributed by atoms with Crippen molar-refractivity contribution in [2.45, 2.75) is 49.6 Å². The molecule has 0 spiro atoms. The molecule has 0 aliphatic heterocycles. The second kappa shape index (κ2) is 5.96. The van der Waals surface area contributed by atoms with Gasteiger partial charge in [-0.05, 0) is 6.42 Å². The lowest BCUT2D eigenvalue weighted by atomic mass is 9.87. The minimum atomic E-state index is -7.53. The van der Waals surface area contributed by atoms with Gasteiger partial charge >= 0.3 is 29.8 Å². The SMILES string of the molecule is CCCOC(F)(C(F)F)C(F)(C(F)(F)F)C(F)(F)C(F)(F)F. The molecular formula is C9H8F12O. The van der Waals surface area contributed by atoms with Crippen molar-refractivity contribution in [3.05, 3.63) is 0 Å². The van der Waals surface area contributed by atoms with E-state index in [1.165, 1.54) is 0 Å². The molecule has 0 radical (unpaired) electrons. The van der Waals surface area contributed by atoms with Crippen LogP contribution < -0.4 is 0 Å². The molecule has 0 aromatic rings. The summed E-state index contributed by atoms with van der Waals surface area (Å²) in [6, 6.07) is 0. The Balaban J connectivity index is 6.44. The van der Waals surface area contributed by atoms with E-state index in [9.17, 15) is 52.7 Å². The number of hydrogen-bond acceptors (Lipinski definition) is 1. The minimum Gasteiger partial charge on any atom is -0.339 e. The fourth-order valence-corrected chi connectivity index (χ4v) is 1.34. The molecule has 0 saturated heterocycles. The van der Waals surface area contributed by atoms with Crippen LogP contribution >= 0.6 is 0 Å². The maximum Gasteiger partial charge on any atom is 0.457 e. The Hall–Kier alpha value is -0.880. The van der Waals surface area contributed by atoms with Crippen molar-refractivity contribution >= 4 is 0 Å². The maximum absolute atomic E-state index is 13.6. The zero-order valence-electron chi connectivity index (χ0n) is 10.4. The maximum atomic E-state index is 13.6. The lowest BCUT2D eigenvalue weighted by Gasteiger charge is -2.43. The van der Waals surface area contributed by atoms with Gasteiger partial charge in [0.25, 0.3) is 6.43 Å². The Morgan fingerprint density at radius 1 is 0.773 bits per heavy atom. The molecule has 22 heavy (non-hydrogen) atoms. The molecule has 0 fully saturated rings. The molecule has 0 amide bonds. The molecule has 0 heterocycles. The summed E-state index contributed by atoms with van der Waals surface area (Å²) >= 11 is 0. The molecule has 0 aliphatic rings. The lowest BCUT2D eigenvalue weighted by molar-refractivity contribution is -0.452. The van der Waals surface area contributed by atoms with Gasteiger partial charge in [-0.25, -0.2) is 17.6 Å². The van der Waals surface area contributed by atoms with Crippen LogP contribution in [0.5, 0.6) is 0 Å². The van der Waals surface area contributed by atoms with E-state index in [0.29, 0.717) is 0 Å². The molecule has 0 aromatic carbocycles. The molecule has 2 atom stereocenters. The van der Waals surface area contributed by atoms with Gasteiger partial charge < -0.3 is 4.74 Å². The number of halogens is 12. The molecule has 1 nitrogen and oxygen atoms in total. The first-order valence-corrected chi connectivity index (χ1v) is 5.31. The Bertz CT molecular complexity index is 374. The van der Waals surface area contributed by atoms with Crippen molar-refractivity contribution in [3.8, 4) is 0 Å². The average molecular weight is 360 g/mol. The second-order valence-corrected chi connectivity index (χ2v) is 4.02. The smallest absolute Gasteiger partial charge is 0.339 e. The Labute approximate surface area is 115 Å². The molecule has 13 heteroatoms. The summed E-state index contributed by atoms with van der Waals surface area (Å²) in [6.45, 7) is -0.488. The summed E-state index contributed by atoms with van der Waals surface area (Å²) < 4.78 is 154. The molecule has 0 aromatic heterocycles. The van der Waals surface area contributed by atoms with E-state index >= 15 is 0 Å². The van der Waals surface area contributed by atoms with E-state index in [1.54, 1.807) is 0 Å². The molecule has 0 rings (SSSR count). The van der Waals surface area contributed by atoms with Gasteiger partial charge in [-0.1, -0.05) is 6.92 Å². The highest BCUT2D eigenvalue weighted by molar-refractivity contribution is 5.13. The van der Waals surface area contributed by atoms with Crippen LogP contribution in [0.15, 0.2) is 0 Å². The van der Waals surface area contributed by atoms with Gasteiger partial charge in [0.15, 0.2) is 0 Å². The van der Waals surface area contributed by atoms with Crippen LogP contribution in [-0.4, -0.2) is 42.8 Å². The van der Waals surface area contributed by atoms with E-state index < -0.39 is 49.3 Å². The second-order valence-electron chi connectivity index (χ2n) is 4.02. The zero-order chi connectivity index (χ0) is 18.2. The highest BCUT2D eigenvalue weighted by atomic mass is 19.4. The van der Waals surface area contributed by atoms with Gasteiger partial charge in [0.1, 0.15) is 0 Å². The van der Waals surface area contributed by atoms with E-state index in [2.05, 4.69) is 4.74 Å². The van der Waals surface area contributed by atoms with Crippen molar-refractivity contribution in [1.82, 2.24) is 0 Å². The van der Waals surface area contributed by atoms with Crippen LogP contribution in [0.1, 0.15) is 13.3 Å². The average Bonchev–Trinajstić information content (AvgIpc) is 2.31. The number of rotatable bonds is 6. The molecular weight excluding hydrogens is 352 g/mol. The highest BCUT2D eigenvalue weighted by Crippen LogP contribution is 2.60. The molecule has 0 aliphatic carbocycles. The third-order valence-corrected chi connectivity index (χ3v) is 2.45. The van der Waals surface area contributed by atoms with Crippen molar-refractivity contribution < 1.29 is 57.4 Å². The standard InChI is InChI=1S/C9H8F12O/c1-2-3-22-5(12,4(10)11)6(13,8(16,17)18)7(14,15)9(19,20)21/h4H,2-3H2,1H3. The van der Waals surface area contributed by atoms with Crippen molar-refractivity contribution in [2.24, 2.45) is 0 Å². The monoisotopic (exact) mass is 360 g/mol. The lowest BCUT2D eigenvalue weighted by Crippen LogP contribution is -2.74. The number of alkyl halides is 12. The van der Waals surface area contributed by atoms with Gasteiger partial charge in [-0.15, -0.1) is 0 Å². The van der Waals surface area contributed by atoms with Gasteiger partial charge in [0.05, 0.1) is 6.61 Å². The van der Waals surface area contributed by atoms with Crippen molar-refractivity contribution in [2.75, 3.05) is 6.61 Å². The van der Waals surface area contributed by atoms with E-state index in [1.807, 2.05) is 0 Å². The first kappa shape index (κ1) is 21.1. The van der Waals surface area contributed by atoms with E-state index in [4.69, 9.17) is 0 Å². The summed E-state index contributed by atoms with van der Waals surface area (Å²) in [5.41, 5.74) is -7.35. The number of hydrogen-bond donors (Lipinski definition) is 0.